The van der Waals surface area contributed by atoms with Crippen molar-refractivity contribution in [3.63, 3.8) is 0 Å². The number of hydrogen-bond donors (Lipinski definition) is 0. The second-order valence-electron chi connectivity index (χ2n) is 4.90. The lowest BCUT2D eigenvalue weighted by atomic mass is 10.1. The van der Waals surface area contributed by atoms with Gasteiger partial charge < -0.3 is 4.90 Å². The number of hydrogen-bond acceptors (Lipinski definition) is 2. The van der Waals surface area contributed by atoms with Gasteiger partial charge in [-0.15, -0.1) is 0 Å². The Balaban J connectivity index is 2.23. The van der Waals surface area contributed by atoms with Crippen LogP contribution in [0.15, 0.2) is 18.2 Å². The molecule has 2 atom stereocenters. The van der Waals surface area contributed by atoms with Crippen LogP contribution in [0.25, 0.3) is 0 Å². The lowest BCUT2D eigenvalue weighted by molar-refractivity contribution is 0.0752. The van der Waals surface area contributed by atoms with Gasteiger partial charge in [-0.05, 0) is 41.1 Å². The van der Waals surface area contributed by atoms with E-state index >= 15 is 0 Å². The van der Waals surface area contributed by atoms with Gasteiger partial charge in [0.2, 0.25) is 0 Å². The second kappa shape index (κ2) is 5.82. The number of nitrogens with zero attached hydrogens (tertiary/aromatic N) is 1. The molecule has 18 heavy (non-hydrogen) atoms. The van der Waals surface area contributed by atoms with Crippen molar-refractivity contribution >= 4 is 40.3 Å². The van der Waals surface area contributed by atoms with Gasteiger partial charge in [-0.1, -0.05) is 26.0 Å². The SMILES string of the molecule is Cc1cccc(C(=O)N2CC(C)SC(C)C2)c1I. The molecule has 0 bridgehead atoms. The van der Waals surface area contributed by atoms with E-state index in [1.54, 1.807) is 0 Å². The standard InChI is InChI=1S/C14H18INOS/c1-9-5-4-6-12(13(9)15)14(17)16-7-10(2)18-11(3)8-16/h4-6,10-11H,7-8H2,1-3H3. The smallest absolute Gasteiger partial charge is 0.255 e. The van der Waals surface area contributed by atoms with E-state index in [-0.39, 0.29) is 5.91 Å². The van der Waals surface area contributed by atoms with Crippen molar-refractivity contribution in [2.24, 2.45) is 0 Å². The van der Waals surface area contributed by atoms with E-state index < -0.39 is 0 Å². The molecule has 0 N–H and O–H groups in total. The van der Waals surface area contributed by atoms with Crippen molar-refractivity contribution in [2.75, 3.05) is 13.1 Å². The molecule has 1 aliphatic rings. The predicted octanol–water partition coefficient (Wildman–Crippen LogP) is 3.57. The summed E-state index contributed by atoms with van der Waals surface area (Å²) in [6.45, 7) is 8.16. The summed E-state index contributed by atoms with van der Waals surface area (Å²) >= 11 is 4.24. The summed E-state index contributed by atoms with van der Waals surface area (Å²) in [5, 5.41) is 1.06. The first-order valence-corrected chi connectivity index (χ1v) is 8.21. The van der Waals surface area contributed by atoms with Crippen molar-refractivity contribution in [3.05, 3.63) is 32.9 Å². The molecule has 1 amide bonds. The number of aryl methyl sites for hydroxylation is 1. The number of amides is 1. The highest BCUT2D eigenvalue weighted by Gasteiger charge is 2.27. The van der Waals surface area contributed by atoms with Crippen LogP contribution in [0.2, 0.25) is 0 Å². The summed E-state index contributed by atoms with van der Waals surface area (Å²) in [5.74, 6) is 0.183. The molecule has 2 unspecified atom stereocenters. The third kappa shape index (κ3) is 3.02. The molecule has 1 aromatic carbocycles. The van der Waals surface area contributed by atoms with E-state index in [1.807, 2.05) is 28.8 Å². The highest BCUT2D eigenvalue weighted by atomic mass is 127. The van der Waals surface area contributed by atoms with E-state index in [9.17, 15) is 4.79 Å². The van der Waals surface area contributed by atoms with Gasteiger partial charge in [-0.25, -0.2) is 0 Å². The zero-order valence-corrected chi connectivity index (χ0v) is 13.9. The van der Waals surface area contributed by atoms with E-state index in [4.69, 9.17) is 0 Å². The van der Waals surface area contributed by atoms with Gasteiger partial charge in [-0.3, -0.25) is 4.79 Å². The summed E-state index contributed by atoms with van der Waals surface area (Å²) in [6.07, 6.45) is 0. The van der Waals surface area contributed by atoms with E-state index in [1.165, 1.54) is 5.56 Å². The Morgan fingerprint density at radius 3 is 2.56 bits per heavy atom. The minimum absolute atomic E-state index is 0.183. The summed E-state index contributed by atoms with van der Waals surface area (Å²) in [7, 11) is 0. The second-order valence-corrected chi connectivity index (χ2v) is 7.86. The van der Waals surface area contributed by atoms with Crippen LogP contribution in [0, 0.1) is 10.5 Å². The Bertz CT molecular complexity index is 453. The number of thioether (sulfide) groups is 1. The van der Waals surface area contributed by atoms with Crippen LogP contribution < -0.4 is 0 Å². The van der Waals surface area contributed by atoms with Crippen molar-refractivity contribution < 1.29 is 4.79 Å². The van der Waals surface area contributed by atoms with Crippen LogP contribution in [0.1, 0.15) is 29.8 Å². The lowest BCUT2D eigenvalue weighted by Crippen LogP contribution is -2.44. The zero-order chi connectivity index (χ0) is 13.3. The van der Waals surface area contributed by atoms with Gasteiger partial charge in [0.15, 0.2) is 0 Å². The van der Waals surface area contributed by atoms with Crippen LogP contribution >= 0.6 is 34.4 Å². The molecule has 0 saturated carbocycles. The summed E-state index contributed by atoms with van der Waals surface area (Å²) < 4.78 is 1.08. The number of halogens is 1. The first-order valence-electron chi connectivity index (χ1n) is 6.19. The molecule has 0 spiro atoms. The molecule has 2 nitrogen and oxygen atoms in total. The highest BCUT2D eigenvalue weighted by molar-refractivity contribution is 14.1. The molecule has 1 aliphatic heterocycles. The van der Waals surface area contributed by atoms with E-state index in [2.05, 4.69) is 49.4 Å². The molecule has 0 radical (unpaired) electrons. The number of benzene rings is 1. The molecule has 0 aromatic heterocycles. The molecule has 1 heterocycles. The molecule has 4 heteroatoms. The minimum Gasteiger partial charge on any atom is -0.336 e. The van der Waals surface area contributed by atoms with Gasteiger partial charge in [-0.2, -0.15) is 11.8 Å². The third-order valence-electron chi connectivity index (χ3n) is 3.13. The maximum atomic E-state index is 12.6. The quantitative estimate of drug-likeness (QED) is 0.700. The van der Waals surface area contributed by atoms with Gasteiger partial charge in [0, 0.05) is 27.2 Å². The van der Waals surface area contributed by atoms with Gasteiger partial charge in [0.25, 0.3) is 5.91 Å². The summed E-state index contributed by atoms with van der Waals surface area (Å²) in [6, 6.07) is 5.96. The third-order valence-corrected chi connectivity index (χ3v) is 5.79. The van der Waals surface area contributed by atoms with E-state index in [0.29, 0.717) is 10.5 Å². The fourth-order valence-electron chi connectivity index (χ4n) is 2.33. The highest BCUT2D eigenvalue weighted by Crippen LogP contribution is 2.27. The van der Waals surface area contributed by atoms with Crippen LogP contribution in [-0.2, 0) is 0 Å². The van der Waals surface area contributed by atoms with Gasteiger partial charge in [0.1, 0.15) is 0 Å². The monoisotopic (exact) mass is 375 g/mol. The maximum absolute atomic E-state index is 12.6. The Kier molecular flexibility index (Phi) is 4.59. The fourth-order valence-corrected chi connectivity index (χ4v) is 4.24. The molecule has 1 fully saturated rings. The van der Waals surface area contributed by atoms with Crippen LogP contribution in [0.5, 0.6) is 0 Å². The predicted molar refractivity (Wildman–Crippen MR) is 86.3 cm³/mol. The van der Waals surface area contributed by atoms with Crippen LogP contribution in [0.3, 0.4) is 0 Å². The van der Waals surface area contributed by atoms with Crippen molar-refractivity contribution in [3.8, 4) is 0 Å². The Hall–Kier alpha value is -0.230. The topological polar surface area (TPSA) is 20.3 Å². The largest absolute Gasteiger partial charge is 0.336 e. The molecule has 1 aromatic rings. The average molecular weight is 375 g/mol. The first kappa shape index (κ1) is 14.2. The van der Waals surface area contributed by atoms with Crippen LogP contribution in [0.4, 0.5) is 0 Å². The molecular formula is C14H18INOS. The normalized spacial score (nSPS) is 24.1. The summed E-state index contributed by atoms with van der Waals surface area (Å²) in [5.41, 5.74) is 2.02. The maximum Gasteiger partial charge on any atom is 0.255 e. The lowest BCUT2D eigenvalue weighted by Gasteiger charge is -2.34. The zero-order valence-electron chi connectivity index (χ0n) is 10.9. The minimum atomic E-state index is 0.183. The van der Waals surface area contributed by atoms with Crippen molar-refractivity contribution in [1.82, 2.24) is 4.90 Å². The summed E-state index contributed by atoms with van der Waals surface area (Å²) in [4.78, 5) is 14.6. The number of carbonyl (C=O) groups is 1. The van der Waals surface area contributed by atoms with E-state index in [0.717, 1.165) is 22.2 Å². The first-order chi connectivity index (χ1) is 8.49. The molecule has 98 valence electrons. The Morgan fingerprint density at radius 1 is 1.33 bits per heavy atom. The molecule has 1 saturated heterocycles. The van der Waals surface area contributed by atoms with Crippen molar-refractivity contribution in [2.45, 2.75) is 31.3 Å². The van der Waals surface area contributed by atoms with Crippen molar-refractivity contribution in [1.29, 1.82) is 0 Å². The van der Waals surface area contributed by atoms with Gasteiger partial charge >= 0.3 is 0 Å². The van der Waals surface area contributed by atoms with Gasteiger partial charge in [0.05, 0.1) is 5.56 Å². The molecule has 2 rings (SSSR count). The molecule has 0 aliphatic carbocycles. The number of rotatable bonds is 1. The average Bonchev–Trinajstić information content (AvgIpc) is 2.30. The van der Waals surface area contributed by atoms with Crippen LogP contribution in [-0.4, -0.2) is 34.4 Å². The number of carbonyl (C=O) groups excluding carboxylic acids is 1. The fraction of sp³-hybridized carbons (Fsp3) is 0.500. The Labute approximate surface area is 127 Å². The molecular weight excluding hydrogens is 357 g/mol. The Morgan fingerprint density at radius 2 is 1.94 bits per heavy atom.